The lowest BCUT2D eigenvalue weighted by atomic mass is 9.74. The molecule has 0 aliphatic carbocycles. The second-order valence-electron chi connectivity index (χ2n) is 7.23. The van der Waals surface area contributed by atoms with Crippen LogP contribution in [0.25, 0.3) is 0 Å². The molecule has 2 atom stereocenters. The van der Waals surface area contributed by atoms with Gasteiger partial charge in [0.15, 0.2) is 5.82 Å². The molecule has 0 bridgehead atoms. The standard InChI is InChI=1S/C20H15Cl2N5O2/c1-10(11-2-4-12(21)5-3-11)27-18-17(25-26-27)20(9-16(28)24-18)14-8-13(22)6-7-15(14)23-19(20)29/h2-8,10H,9H2,1H3,(H,23,29)(H,24,28)/t10?,20-/m1/s1. The van der Waals surface area contributed by atoms with Gasteiger partial charge in [0.25, 0.3) is 0 Å². The molecule has 9 heteroatoms. The number of carbonyl (C=O) groups is 2. The van der Waals surface area contributed by atoms with Crippen LogP contribution in [0.4, 0.5) is 11.5 Å². The molecule has 1 aromatic heterocycles. The van der Waals surface area contributed by atoms with E-state index in [1.54, 1.807) is 35.0 Å². The summed E-state index contributed by atoms with van der Waals surface area (Å²) in [5.41, 5.74) is 1.36. The lowest BCUT2D eigenvalue weighted by Gasteiger charge is -2.30. The maximum absolute atomic E-state index is 13.1. The van der Waals surface area contributed by atoms with Crippen LogP contribution in [0.15, 0.2) is 42.5 Å². The van der Waals surface area contributed by atoms with Gasteiger partial charge in [-0.25, -0.2) is 4.68 Å². The van der Waals surface area contributed by atoms with E-state index >= 15 is 0 Å². The SMILES string of the molecule is CC(c1ccc(Cl)cc1)n1nnc2c1NC(=O)C[C@]21C(=O)Nc2ccc(Cl)cc21. The summed E-state index contributed by atoms with van der Waals surface area (Å²) in [6.07, 6.45) is -0.0623. The molecule has 2 aliphatic rings. The highest BCUT2D eigenvalue weighted by Crippen LogP contribution is 2.50. The van der Waals surface area contributed by atoms with Gasteiger partial charge in [0.05, 0.1) is 12.5 Å². The molecule has 2 aliphatic heterocycles. The molecule has 3 heterocycles. The number of benzene rings is 2. The molecule has 29 heavy (non-hydrogen) atoms. The van der Waals surface area contributed by atoms with Crippen molar-refractivity contribution in [3.05, 3.63) is 69.3 Å². The third-order valence-corrected chi connectivity index (χ3v) is 6.07. The molecule has 0 fully saturated rings. The summed E-state index contributed by atoms with van der Waals surface area (Å²) in [5, 5.41) is 15.4. The van der Waals surface area contributed by atoms with Crippen LogP contribution in [-0.2, 0) is 15.0 Å². The number of amides is 2. The van der Waals surface area contributed by atoms with Crippen molar-refractivity contribution in [2.45, 2.75) is 24.8 Å². The number of rotatable bonds is 2. The molecule has 0 saturated heterocycles. The fraction of sp³-hybridized carbons (Fsp3) is 0.200. The smallest absolute Gasteiger partial charge is 0.241 e. The zero-order chi connectivity index (χ0) is 20.3. The maximum atomic E-state index is 13.1. The van der Waals surface area contributed by atoms with Crippen LogP contribution in [0.3, 0.4) is 0 Å². The predicted molar refractivity (Wildman–Crippen MR) is 109 cm³/mol. The van der Waals surface area contributed by atoms with Gasteiger partial charge in [0.1, 0.15) is 11.1 Å². The molecule has 5 rings (SSSR count). The molecule has 146 valence electrons. The van der Waals surface area contributed by atoms with Gasteiger partial charge < -0.3 is 10.6 Å². The Bertz CT molecular complexity index is 1170. The van der Waals surface area contributed by atoms with Gasteiger partial charge in [0.2, 0.25) is 11.8 Å². The zero-order valence-electron chi connectivity index (χ0n) is 15.2. The third kappa shape index (κ3) is 2.58. The van der Waals surface area contributed by atoms with Crippen LogP contribution in [0, 0.1) is 0 Å². The van der Waals surface area contributed by atoms with Gasteiger partial charge in [-0.2, -0.15) is 0 Å². The van der Waals surface area contributed by atoms with Crippen molar-refractivity contribution in [1.29, 1.82) is 0 Å². The Morgan fingerprint density at radius 3 is 2.55 bits per heavy atom. The number of nitrogens with one attached hydrogen (secondary N) is 2. The Morgan fingerprint density at radius 1 is 1.07 bits per heavy atom. The minimum atomic E-state index is -1.25. The summed E-state index contributed by atoms with van der Waals surface area (Å²) in [5.74, 6) is -0.184. The number of halogens is 2. The molecule has 2 amide bonds. The number of nitrogens with zero attached hydrogens (tertiary/aromatic N) is 3. The van der Waals surface area contributed by atoms with E-state index in [2.05, 4.69) is 20.9 Å². The highest BCUT2D eigenvalue weighted by molar-refractivity contribution is 6.31. The average Bonchev–Trinajstić information content (AvgIpc) is 3.22. The van der Waals surface area contributed by atoms with Gasteiger partial charge in [0, 0.05) is 15.7 Å². The molecule has 0 saturated carbocycles. The Kier molecular flexibility index (Phi) is 3.94. The summed E-state index contributed by atoms with van der Waals surface area (Å²) >= 11 is 12.2. The van der Waals surface area contributed by atoms with Crippen LogP contribution >= 0.6 is 23.2 Å². The van der Waals surface area contributed by atoms with Gasteiger partial charge in [-0.3, -0.25) is 9.59 Å². The summed E-state index contributed by atoms with van der Waals surface area (Å²) in [6.45, 7) is 1.94. The first kappa shape index (κ1) is 18.1. The van der Waals surface area contributed by atoms with Crippen molar-refractivity contribution in [2.24, 2.45) is 0 Å². The van der Waals surface area contributed by atoms with Gasteiger partial charge in [-0.05, 0) is 48.4 Å². The van der Waals surface area contributed by atoms with E-state index in [9.17, 15) is 9.59 Å². The fourth-order valence-corrected chi connectivity index (χ4v) is 4.39. The number of fused-ring (bicyclic) bond motifs is 4. The molecule has 2 aromatic carbocycles. The topological polar surface area (TPSA) is 88.9 Å². The van der Waals surface area contributed by atoms with Crippen LogP contribution in [-0.4, -0.2) is 26.8 Å². The highest BCUT2D eigenvalue weighted by atomic mass is 35.5. The quantitative estimate of drug-likeness (QED) is 0.651. The number of hydrogen-bond donors (Lipinski definition) is 2. The van der Waals surface area contributed by atoms with Crippen molar-refractivity contribution in [2.75, 3.05) is 10.6 Å². The third-order valence-electron chi connectivity index (χ3n) is 5.58. The first-order chi connectivity index (χ1) is 13.9. The number of anilines is 2. The summed E-state index contributed by atoms with van der Waals surface area (Å²) in [7, 11) is 0. The van der Waals surface area contributed by atoms with Crippen molar-refractivity contribution >= 4 is 46.5 Å². The second-order valence-corrected chi connectivity index (χ2v) is 8.11. The lowest BCUT2D eigenvalue weighted by Crippen LogP contribution is -2.44. The molecule has 0 radical (unpaired) electrons. The first-order valence-corrected chi connectivity index (χ1v) is 9.78. The maximum Gasteiger partial charge on any atom is 0.241 e. The van der Waals surface area contributed by atoms with Crippen LogP contribution in [0.2, 0.25) is 10.0 Å². The Morgan fingerprint density at radius 2 is 1.79 bits per heavy atom. The summed E-state index contributed by atoms with van der Waals surface area (Å²) in [4.78, 5) is 25.8. The Balaban J connectivity index is 1.68. The van der Waals surface area contributed by atoms with Gasteiger partial charge in [-0.15, -0.1) is 5.10 Å². The first-order valence-electron chi connectivity index (χ1n) is 9.02. The Hall–Kier alpha value is -2.90. The van der Waals surface area contributed by atoms with Crippen molar-refractivity contribution < 1.29 is 9.59 Å². The molecule has 2 N–H and O–H groups in total. The molecule has 7 nitrogen and oxygen atoms in total. The van der Waals surface area contributed by atoms with E-state index in [0.29, 0.717) is 32.8 Å². The van der Waals surface area contributed by atoms with Crippen LogP contribution in [0.5, 0.6) is 0 Å². The fourth-order valence-electron chi connectivity index (χ4n) is 4.09. The number of aromatic nitrogens is 3. The second kappa shape index (κ2) is 6.30. The van der Waals surface area contributed by atoms with Crippen LogP contribution in [0.1, 0.15) is 36.2 Å². The molecular weight excluding hydrogens is 413 g/mol. The molecule has 3 aromatic rings. The zero-order valence-corrected chi connectivity index (χ0v) is 16.8. The average molecular weight is 428 g/mol. The van der Waals surface area contributed by atoms with E-state index in [-0.39, 0.29) is 24.3 Å². The monoisotopic (exact) mass is 427 g/mol. The van der Waals surface area contributed by atoms with Gasteiger partial charge >= 0.3 is 0 Å². The van der Waals surface area contributed by atoms with E-state index in [1.807, 2.05) is 19.1 Å². The van der Waals surface area contributed by atoms with Crippen molar-refractivity contribution in [3.8, 4) is 0 Å². The minimum absolute atomic E-state index is 0.0623. The number of carbonyl (C=O) groups excluding carboxylic acids is 2. The van der Waals surface area contributed by atoms with E-state index in [0.717, 1.165) is 5.56 Å². The van der Waals surface area contributed by atoms with Gasteiger partial charge in [-0.1, -0.05) is 40.5 Å². The lowest BCUT2D eigenvalue weighted by molar-refractivity contribution is -0.125. The number of hydrogen-bond acceptors (Lipinski definition) is 4. The van der Waals surface area contributed by atoms with E-state index in [4.69, 9.17) is 23.2 Å². The molecular formula is C20H15Cl2N5O2. The molecule has 1 unspecified atom stereocenters. The predicted octanol–water partition coefficient (Wildman–Crippen LogP) is 3.77. The normalized spacial score (nSPS) is 20.8. The Labute approximate surface area is 176 Å². The minimum Gasteiger partial charge on any atom is -0.325 e. The van der Waals surface area contributed by atoms with E-state index < -0.39 is 5.41 Å². The van der Waals surface area contributed by atoms with E-state index in [1.165, 1.54) is 0 Å². The summed E-state index contributed by atoms with van der Waals surface area (Å²) in [6, 6.07) is 12.3. The molecule has 1 spiro atoms. The van der Waals surface area contributed by atoms with Crippen molar-refractivity contribution in [1.82, 2.24) is 15.0 Å². The largest absolute Gasteiger partial charge is 0.325 e. The van der Waals surface area contributed by atoms with Crippen molar-refractivity contribution in [3.63, 3.8) is 0 Å². The highest BCUT2D eigenvalue weighted by Gasteiger charge is 2.56. The van der Waals surface area contributed by atoms with Crippen LogP contribution < -0.4 is 10.6 Å². The summed E-state index contributed by atoms with van der Waals surface area (Å²) < 4.78 is 1.62.